The Kier molecular flexibility index (Phi) is 3.97. The zero-order valence-electron chi connectivity index (χ0n) is 10.9. The van der Waals surface area contributed by atoms with Gasteiger partial charge in [-0.3, -0.25) is 4.68 Å². The second-order valence-electron chi connectivity index (χ2n) is 4.64. The Bertz CT molecular complexity index is 534. The third-order valence-electron chi connectivity index (χ3n) is 2.61. The summed E-state index contributed by atoms with van der Waals surface area (Å²) in [4.78, 5) is 8.85. The van der Waals surface area contributed by atoms with Gasteiger partial charge in [-0.1, -0.05) is 25.4 Å². The van der Waals surface area contributed by atoms with Crippen LogP contribution in [0.1, 0.15) is 26.5 Å². The molecule has 0 bridgehead atoms. The molecule has 0 atom stereocenters. The molecule has 0 unspecified atom stereocenters. The van der Waals surface area contributed by atoms with Gasteiger partial charge in [-0.2, -0.15) is 5.10 Å². The topological polar surface area (TPSA) is 43.6 Å². The first-order chi connectivity index (χ1) is 8.60. The van der Waals surface area contributed by atoms with E-state index in [1.54, 1.807) is 6.20 Å². The molecule has 0 aliphatic rings. The van der Waals surface area contributed by atoms with Gasteiger partial charge in [-0.25, -0.2) is 9.97 Å². The van der Waals surface area contributed by atoms with Gasteiger partial charge in [0.15, 0.2) is 5.82 Å². The van der Waals surface area contributed by atoms with Crippen molar-refractivity contribution in [3.63, 3.8) is 0 Å². The van der Waals surface area contributed by atoms with Crippen molar-refractivity contribution in [2.75, 3.05) is 0 Å². The van der Waals surface area contributed by atoms with Crippen LogP contribution in [0.4, 0.5) is 0 Å². The summed E-state index contributed by atoms with van der Waals surface area (Å²) in [6.07, 6.45) is 2.65. The van der Waals surface area contributed by atoms with Gasteiger partial charge >= 0.3 is 0 Å². The van der Waals surface area contributed by atoms with Gasteiger partial charge in [0, 0.05) is 18.4 Å². The molecule has 0 amide bonds. The molecule has 0 saturated heterocycles. The van der Waals surface area contributed by atoms with Crippen molar-refractivity contribution < 1.29 is 0 Å². The molecular weight excluding hydrogens is 248 g/mol. The van der Waals surface area contributed by atoms with Gasteiger partial charge in [0.05, 0.1) is 0 Å². The SMILES string of the molecule is CCn1nccc1-c1nc(Cl)cc(CC(C)C)n1. The number of hydrogen-bond acceptors (Lipinski definition) is 3. The minimum atomic E-state index is 0.486. The second kappa shape index (κ2) is 5.48. The summed E-state index contributed by atoms with van der Waals surface area (Å²) in [6.45, 7) is 7.14. The molecule has 2 aromatic rings. The number of hydrogen-bond donors (Lipinski definition) is 0. The first-order valence-corrected chi connectivity index (χ1v) is 6.53. The average Bonchev–Trinajstić information content (AvgIpc) is 2.75. The van der Waals surface area contributed by atoms with Crippen LogP contribution in [0.25, 0.3) is 11.5 Å². The van der Waals surface area contributed by atoms with E-state index in [4.69, 9.17) is 11.6 Å². The van der Waals surface area contributed by atoms with E-state index in [9.17, 15) is 0 Å². The number of nitrogens with zero attached hydrogens (tertiary/aromatic N) is 4. The predicted molar refractivity (Wildman–Crippen MR) is 72.5 cm³/mol. The van der Waals surface area contributed by atoms with Crippen LogP contribution in [0.15, 0.2) is 18.3 Å². The predicted octanol–water partition coefficient (Wildman–Crippen LogP) is 3.21. The van der Waals surface area contributed by atoms with Crippen LogP contribution in [0.3, 0.4) is 0 Å². The van der Waals surface area contributed by atoms with Gasteiger partial charge in [0.1, 0.15) is 10.8 Å². The van der Waals surface area contributed by atoms with E-state index in [0.29, 0.717) is 16.9 Å². The molecule has 0 aliphatic carbocycles. The normalized spacial score (nSPS) is 11.2. The van der Waals surface area contributed by atoms with Gasteiger partial charge in [-0.15, -0.1) is 0 Å². The summed E-state index contributed by atoms with van der Waals surface area (Å²) in [5.74, 6) is 1.19. The van der Waals surface area contributed by atoms with Crippen molar-refractivity contribution in [2.24, 2.45) is 5.92 Å². The molecule has 0 radical (unpaired) electrons. The molecule has 0 aromatic carbocycles. The molecule has 5 heteroatoms. The third-order valence-corrected chi connectivity index (χ3v) is 2.80. The van der Waals surface area contributed by atoms with Crippen LogP contribution in [0.2, 0.25) is 5.15 Å². The molecule has 0 N–H and O–H groups in total. The highest BCUT2D eigenvalue weighted by molar-refractivity contribution is 6.29. The molecule has 0 spiro atoms. The Morgan fingerprint density at radius 2 is 2.11 bits per heavy atom. The fourth-order valence-corrected chi connectivity index (χ4v) is 2.08. The Labute approximate surface area is 112 Å². The lowest BCUT2D eigenvalue weighted by Gasteiger charge is -2.08. The van der Waals surface area contributed by atoms with Crippen molar-refractivity contribution in [2.45, 2.75) is 33.7 Å². The van der Waals surface area contributed by atoms with Crippen molar-refractivity contribution in [3.8, 4) is 11.5 Å². The zero-order valence-corrected chi connectivity index (χ0v) is 11.6. The molecule has 2 aromatic heterocycles. The van der Waals surface area contributed by atoms with Gasteiger partial charge < -0.3 is 0 Å². The highest BCUT2D eigenvalue weighted by atomic mass is 35.5. The summed E-state index contributed by atoms with van der Waals surface area (Å²) in [6, 6.07) is 3.74. The van der Waals surface area contributed by atoms with Crippen LogP contribution >= 0.6 is 11.6 Å². The summed E-state index contributed by atoms with van der Waals surface area (Å²) in [7, 11) is 0. The minimum Gasteiger partial charge on any atom is -0.262 e. The van der Waals surface area contributed by atoms with E-state index in [0.717, 1.165) is 24.4 Å². The van der Waals surface area contributed by atoms with Crippen molar-refractivity contribution in [1.29, 1.82) is 0 Å². The molecule has 0 fully saturated rings. The highest BCUT2D eigenvalue weighted by Crippen LogP contribution is 2.19. The first-order valence-electron chi connectivity index (χ1n) is 6.15. The van der Waals surface area contributed by atoms with Crippen molar-refractivity contribution in [3.05, 3.63) is 29.2 Å². The van der Waals surface area contributed by atoms with Crippen molar-refractivity contribution >= 4 is 11.6 Å². The van der Waals surface area contributed by atoms with Crippen LogP contribution in [-0.2, 0) is 13.0 Å². The van der Waals surface area contributed by atoms with Crippen LogP contribution in [0.5, 0.6) is 0 Å². The Balaban J connectivity index is 2.42. The van der Waals surface area contributed by atoms with Crippen LogP contribution in [-0.4, -0.2) is 19.7 Å². The van der Waals surface area contributed by atoms with E-state index < -0.39 is 0 Å². The maximum atomic E-state index is 6.07. The minimum absolute atomic E-state index is 0.486. The highest BCUT2D eigenvalue weighted by Gasteiger charge is 2.11. The molecular formula is C13H17ClN4. The lowest BCUT2D eigenvalue weighted by Crippen LogP contribution is -2.05. The van der Waals surface area contributed by atoms with Crippen molar-refractivity contribution in [1.82, 2.24) is 19.7 Å². The van der Waals surface area contributed by atoms with E-state index in [-0.39, 0.29) is 0 Å². The van der Waals surface area contributed by atoms with Gasteiger partial charge in [0.2, 0.25) is 0 Å². The lowest BCUT2D eigenvalue weighted by molar-refractivity contribution is 0.632. The maximum Gasteiger partial charge on any atom is 0.179 e. The largest absolute Gasteiger partial charge is 0.262 e. The fraction of sp³-hybridized carbons (Fsp3) is 0.462. The van der Waals surface area contributed by atoms with E-state index in [1.165, 1.54) is 0 Å². The Hall–Kier alpha value is -1.42. The summed E-state index contributed by atoms with van der Waals surface area (Å²) in [5, 5.41) is 4.71. The standard InChI is InChI=1S/C13H17ClN4/c1-4-18-11(5-6-15-18)13-16-10(7-9(2)3)8-12(14)17-13/h5-6,8-9H,4,7H2,1-3H3. The molecule has 4 nitrogen and oxygen atoms in total. The number of halogens is 1. The number of aryl methyl sites for hydroxylation is 1. The molecule has 2 rings (SSSR count). The van der Waals surface area contributed by atoms with E-state index >= 15 is 0 Å². The molecule has 0 saturated carbocycles. The summed E-state index contributed by atoms with van der Waals surface area (Å²) in [5.41, 5.74) is 1.88. The van der Waals surface area contributed by atoms with E-state index in [2.05, 4.69) is 28.9 Å². The fourth-order valence-electron chi connectivity index (χ4n) is 1.88. The van der Waals surface area contributed by atoms with E-state index in [1.807, 2.05) is 23.7 Å². The third kappa shape index (κ3) is 2.88. The molecule has 18 heavy (non-hydrogen) atoms. The molecule has 0 aliphatic heterocycles. The van der Waals surface area contributed by atoms with Gasteiger partial charge in [0.25, 0.3) is 0 Å². The lowest BCUT2D eigenvalue weighted by atomic mass is 10.1. The summed E-state index contributed by atoms with van der Waals surface area (Å²) < 4.78 is 1.87. The average molecular weight is 265 g/mol. The number of aromatic nitrogens is 4. The molecule has 2 heterocycles. The summed E-state index contributed by atoms with van der Waals surface area (Å²) >= 11 is 6.07. The quantitative estimate of drug-likeness (QED) is 0.797. The Morgan fingerprint density at radius 3 is 2.78 bits per heavy atom. The zero-order chi connectivity index (χ0) is 13.1. The smallest absolute Gasteiger partial charge is 0.179 e. The van der Waals surface area contributed by atoms with Crippen LogP contribution < -0.4 is 0 Å². The number of rotatable bonds is 4. The second-order valence-corrected chi connectivity index (χ2v) is 5.02. The first kappa shape index (κ1) is 13.0. The molecule has 96 valence electrons. The maximum absolute atomic E-state index is 6.07. The van der Waals surface area contributed by atoms with Crippen LogP contribution in [0, 0.1) is 5.92 Å². The monoisotopic (exact) mass is 264 g/mol. The Morgan fingerprint density at radius 1 is 1.33 bits per heavy atom. The van der Waals surface area contributed by atoms with Gasteiger partial charge in [-0.05, 0) is 31.4 Å².